The molecule has 0 unspecified atom stereocenters. The Kier molecular flexibility index (Phi) is 1.59. The normalized spacial score (nSPS) is 11.8. The number of rotatable bonds is 0. The van der Waals surface area contributed by atoms with Gasteiger partial charge in [-0.05, 0) is 0 Å². The number of nitrogens with one attached hydrogen (secondary N) is 1. The Labute approximate surface area is 97.7 Å². The number of aromatic amines is 1. The van der Waals surface area contributed by atoms with Crippen molar-refractivity contribution >= 4 is 46.1 Å². The molecule has 0 radical (unpaired) electrons. The van der Waals surface area contributed by atoms with Crippen molar-refractivity contribution in [3.05, 3.63) is 41.5 Å². The van der Waals surface area contributed by atoms with E-state index in [1.807, 2.05) is 12.3 Å². The van der Waals surface area contributed by atoms with Gasteiger partial charge in [0, 0.05) is 0 Å². The fourth-order valence-electron chi connectivity index (χ4n) is 2.22. The molecule has 0 atom stereocenters. The van der Waals surface area contributed by atoms with Crippen LogP contribution in [-0.4, -0.2) is 24.5 Å². The first kappa shape index (κ1) is 8.57. The Morgan fingerprint density at radius 1 is 1.06 bits per heavy atom. The summed E-state index contributed by atoms with van der Waals surface area (Å²) in [4.78, 5) is 10.2. The number of nitrogens with zero attached hydrogens (tertiary/aromatic N) is 1. The third-order valence-electron chi connectivity index (χ3n) is 2.94. The Hall–Kier alpha value is -1.57. The summed E-state index contributed by atoms with van der Waals surface area (Å²) in [5, 5.41) is 2.68. The first-order chi connectivity index (χ1) is 7.93. The van der Waals surface area contributed by atoms with E-state index in [2.05, 4.69) is 39.2 Å². The number of pyridine rings is 1. The Morgan fingerprint density at radius 2 is 2.06 bits per heavy atom. The first-order valence-corrected chi connectivity index (χ1v) is 7.01. The van der Waals surface area contributed by atoms with Crippen LogP contribution in [0.5, 0.6) is 0 Å². The van der Waals surface area contributed by atoms with E-state index in [1.165, 1.54) is 20.5 Å². The van der Waals surface area contributed by atoms with Gasteiger partial charge in [-0.1, -0.05) is 0 Å². The Morgan fingerprint density at radius 3 is 3.06 bits per heavy atom. The number of benzene rings is 1. The molecule has 0 saturated heterocycles. The zero-order valence-corrected chi connectivity index (χ0v) is 10.1. The van der Waals surface area contributed by atoms with Crippen molar-refractivity contribution in [2.45, 2.75) is 0 Å². The second-order valence-electron chi connectivity index (χ2n) is 3.85. The van der Waals surface area contributed by atoms with Crippen LogP contribution in [0.2, 0.25) is 0 Å². The molecular weight excluding hydrogens is 263 g/mol. The van der Waals surface area contributed by atoms with Crippen LogP contribution in [-0.2, 0) is 0 Å². The van der Waals surface area contributed by atoms with Crippen molar-refractivity contribution in [2.24, 2.45) is 0 Å². The van der Waals surface area contributed by atoms with E-state index in [4.69, 9.17) is 0 Å². The molecule has 4 rings (SSSR count). The minimum atomic E-state index is 0.460. The van der Waals surface area contributed by atoms with Crippen LogP contribution in [0.15, 0.2) is 41.5 Å². The van der Waals surface area contributed by atoms with Crippen molar-refractivity contribution in [1.82, 2.24) is 9.97 Å². The topological polar surface area (TPSA) is 28.7 Å². The van der Waals surface area contributed by atoms with Crippen LogP contribution in [0.4, 0.5) is 0 Å². The summed E-state index contributed by atoms with van der Waals surface area (Å²) in [5.74, 6) is 0. The van der Waals surface area contributed by atoms with Crippen molar-refractivity contribution in [2.75, 3.05) is 0 Å². The molecule has 3 aromatic heterocycles. The first-order valence-electron chi connectivity index (χ1n) is 5.16. The molecule has 2 nitrogen and oxygen atoms in total. The zero-order chi connectivity index (χ0) is 10.5. The predicted molar refractivity (Wildman–Crippen MR) is 68.0 cm³/mol. The van der Waals surface area contributed by atoms with E-state index in [1.54, 1.807) is 0 Å². The molecule has 0 aliphatic heterocycles. The van der Waals surface area contributed by atoms with Gasteiger partial charge in [0.2, 0.25) is 0 Å². The van der Waals surface area contributed by atoms with E-state index in [0.717, 1.165) is 11.0 Å². The van der Waals surface area contributed by atoms with Crippen molar-refractivity contribution in [1.29, 1.82) is 0 Å². The molecule has 0 aliphatic rings. The summed E-state index contributed by atoms with van der Waals surface area (Å²) in [7, 11) is 0. The Balaban J connectivity index is 2.42. The SMILES string of the molecule is c1cnc2c(c1)[nH]c1ccc3cc[se]c3c12. The number of hydrogen-bond donors (Lipinski definition) is 1. The van der Waals surface area contributed by atoms with Gasteiger partial charge >= 0.3 is 97.5 Å². The average Bonchev–Trinajstić information content (AvgIpc) is 2.91. The van der Waals surface area contributed by atoms with Gasteiger partial charge in [0.1, 0.15) is 0 Å². The Bertz CT molecular complexity index is 810. The van der Waals surface area contributed by atoms with Gasteiger partial charge in [0.15, 0.2) is 0 Å². The molecule has 3 heterocycles. The quantitative estimate of drug-likeness (QED) is 0.489. The molecule has 4 aromatic rings. The van der Waals surface area contributed by atoms with Crippen molar-refractivity contribution < 1.29 is 0 Å². The number of hydrogen-bond acceptors (Lipinski definition) is 1. The van der Waals surface area contributed by atoms with Crippen molar-refractivity contribution in [3.63, 3.8) is 0 Å². The molecule has 0 bridgehead atoms. The molecule has 1 aromatic carbocycles. The monoisotopic (exact) mass is 272 g/mol. The van der Waals surface area contributed by atoms with Crippen LogP contribution in [0, 0.1) is 0 Å². The van der Waals surface area contributed by atoms with Crippen LogP contribution in [0.1, 0.15) is 0 Å². The molecule has 0 amide bonds. The molecular formula is C13H8N2Se. The summed E-state index contributed by atoms with van der Waals surface area (Å²) >= 11 is 0.460. The zero-order valence-electron chi connectivity index (χ0n) is 8.40. The molecule has 3 heteroatoms. The summed E-state index contributed by atoms with van der Waals surface area (Å²) in [6, 6.07) is 10.6. The maximum atomic E-state index is 4.50. The maximum absolute atomic E-state index is 4.50. The van der Waals surface area contributed by atoms with E-state index in [-0.39, 0.29) is 0 Å². The number of H-pyrrole nitrogens is 1. The standard InChI is InChI=1S/C13H8N2Se/c1-2-10-12(14-6-1)11-9(15-10)4-3-8-5-7-16-13(8)11/h1-7,15H. The summed E-state index contributed by atoms with van der Waals surface area (Å²) in [6.45, 7) is 0. The third-order valence-corrected chi connectivity index (χ3v) is 4.92. The van der Waals surface area contributed by atoms with Crippen LogP contribution >= 0.6 is 0 Å². The van der Waals surface area contributed by atoms with Crippen molar-refractivity contribution in [3.8, 4) is 0 Å². The second kappa shape index (κ2) is 2.97. The van der Waals surface area contributed by atoms with E-state index >= 15 is 0 Å². The van der Waals surface area contributed by atoms with E-state index < -0.39 is 0 Å². The van der Waals surface area contributed by atoms with E-state index in [0.29, 0.717) is 14.5 Å². The molecule has 0 saturated carbocycles. The minimum absolute atomic E-state index is 0.460. The summed E-state index contributed by atoms with van der Waals surface area (Å²) < 4.78 is 1.47. The van der Waals surface area contributed by atoms with Gasteiger partial charge in [-0.3, -0.25) is 0 Å². The fraction of sp³-hybridized carbons (Fsp3) is 0. The number of fused-ring (bicyclic) bond motifs is 5. The third kappa shape index (κ3) is 0.993. The van der Waals surface area contributed by atoms with Gasteiger partial charge in [-0.25, -0.2) is 0 Å². The van der Waals surface area contributed by atoms with Crippen LogP contribution in [0.3, 0.4) is 0 Å². The molecule has 1 N–H and O–H groups in total. The molecule has 0 aliphatic carbocycles. The van der Waals surface area contributed by atoms with Crippen LogP contribution < -0.4 is 0 Å². The van der Waals surface area contributed by atoms with Gasteiger partial charge in [0.25, 0.3) is 0 Å². The molecule has 0 spiro atoms. The molecule has 76 valence electrons. The van der Waals surface area contributed by atoms with Gasteiger partial charge < -0.3 is 0 Å². The summed E-state index contributed by atoms with van der Waals surface area (Å²) in [6.07, 6.45) is 1.87. The summed E-state index contributed by atoms with van der Waals surface area (Å²) in [5.41, 5.74) is 3.45. The second-order valence-corrected chi connectivity index (χ2v) is 5.77. The molecule has 0 fully saturated rings. The predicted octanol–water partition coefficient (Wildman–Crippen LogP) is 2.93. The number of aromatic nitrogens is 2. The average molecular weight is 271 g/mol. The van der Waals surface area contributed by atoms with Gasteiger partial charge in [0.05, 0.1) is 0 Å². The van der Waals surface area contributed by atoms with E-state index in [9.17, 15) is 0 Å². The fourth-order valence-corrected chi connectivity index (χ4v) is 4.21. The van der Waals surface area contributed by atoms with Crippen LogP contribution in [0.25, 0.3) is 31.6 Å². The van der Waals surface area contributed by atoms with Gasteiger partial charge in [-0.2, -0.15) is 0 Å². The molecule has 16 heavy (non-hydrogen) atoms. The van der Waals surface area contributed by atoms with Gasteiger partial charge in [-0.15, -0.1) is 0 Å².